The molecule has 0 amide bonds. The van der Waals surface area contributed by atoms with Gasteiger partial charge in [0.25, 0.3) is 11.5 Å². The minimum atomic E-state index is -2.63. The molecule has 198 valence electrons. The van der Waals surface area contributed by atoms with Crippen LogP contribution in [0.15, 0.2) is 41.5 Å². The van der Waals surface area contributed by atoms with E-state index in [4.69, 9.17) is 21.3 Å². The summed E-state index contributed by atoms with van der Waals surface area (Å²) in [6.45, 7) is 3.01. The zero-order valence-corrected chi connectivity index (χ0v) is 21.4. The van der Waals surface area contributed by atoms with Gasteiger partial charge in [-0.05, 0) is 25.1 Å². The number of aryl methyl sites for hydroxylation is 1. The Labute approximate surface area is 220 Å². The molecule has 2 aliphatic rings. The van der Waals surface area contributed by atoms with Gasteiger partial charge in [0.2, 0.25) is 0 Å². The van der Waals surface area contributed by atoms with Crippen LogP contribution in [0, 0.1) is 12.7 Å². The van der Waals surface area contributed by atoms with Crippen molar-refractivity contribution in [3.05, 3.63) is 69.2 Å². The van der Waals surface area contributed by atoms with E-state index in [1.165, 1.54) is 16.7 Å². The van der Waals surface area contributed by atoms with E-state index >= 15 is 4.39 Å². The predicted octanol–water partition coefficient (Wildman–Crippen LogP) is 4.84. The summed E-state index contributed by atoms with van der Waals surface area (Å²) < 4.78 is 50.6. The third kappa shape index (κ3) is 4.33. The molecule has 1 aliphatic carbocycles. The van der Waals surface area contributed by atoms with Gasteiger partial charge < -0.3 is 9.64 Å². The molecule has 1 saturated heterocycles. The van der Waals surface area contributed by atoms with E-state index in [1.807, 2.05) is 4.90 Å². The fourth-order valence-electron chi connectivity index (χ4n) is 5.01. The van der Waals surface area contributed by atoms with Gasteiger partial charge in [0.05, 0.1) is 35.4 Å². The minimum Gasteiger partial charge on any atom is -0.370 e. The molecule has 6 rings (SSSR count). The second-order valence-electron chi connectivity index (χ2n) is 9.85. The highest BCUT2D eigenvalue weighted by Gasteiger charge is 2.46. The molecular weight excluding hydrogens is 521 g/mol. The lowest BCUT2D eigenvalue weighted by Gasteiger charge is -2.35. The van der Waals surface area contributed by atoms with E-state index in [2.05, 4.69) is 10.1 Å². The molecule has 38 heavy (non-hydrogen) atoms. The maximum Gasteiger partial charge on any atom is 0.263 e. The standard InChI is InChI=1S/C26H24ClF3N6O2/c1-14-32-20-8-22(33-24(23(20)25(37)34(14)2)18-4-3-16(27)7-19(18)28)35-5-6-38-21(13-35)15-11-31-36(12-15)17-9-26(29,30)10-17/h3-4,7-8,11-12,17,21H,5-6,9-10,13H2,1-2H3/t21-/m1/s1. The maximum absolute atomic E-state index is 15.0. The lowest BCUT2D eigenvalue weighted by atomic mass is 9.88. The molecular formula is C26H24ClF3N6O2. The largest absolute Gasteiger partial charge is 0.370 e. The van der Waals surface area contributed by atoms with Crippen LogP contribution in [-0.4, -0.2) is 49.9 Å². The molecule has 12 heteroatoms. The fraction of sp³-hybridized carbons (Fsp3) is 0.385. The number of ether oxygens (including phenoxy) is 1. The van der Waals surface area contributed by atoms with Crippen LogP contribution in [0.25, 0.3) is 22.2 Å². The highest BCUT2D eigenvalue weighted by Crippen LogP contribution is 2.45. The maximum atomic E-state index is 15.0. The summed E-state index contributed by atoms with van der Waals surface area (Å²) in [7, 11) is 1.61. The third-order valence-electron chi connectivity index (χ3n) is 7.28. The predicted molar refractivity (Wildman–Crippen MR) is 136 cm³/mol. The van der Waals surface area contributed by atoms with Gasteiger partial charge in [-0.1, -0.05) is 11.6 Å². The molecule has 0 radical (unpaired) electrons. The van der Waals surface area contributed by atoms with Crippen LogP contribution >= 0.6 is 11.6 Å². The van der Waals surface area contributed by atoms with Crippen LogP contribution in [0.3, 0.4) is 0 Å². The molecule has 0 spiro atoms. The Hall–Kier alpha value is -3.44. The average molecular weight is 545 g/mol. The van der Waals surface area contributed by atoms with Crippen molar-refractivity contribution >= 4 is 28.3 Å². The number of aromatic nitrogens is 5. The molecule has 1 atom stereocenters. The third-order valence-corrected chi connectivity index (χ3v) is 7.52. The Morgan fingerprint density at radius 2 is 1.97 bits per heavy atom. The first kappa shape index (κ1) is 24.9. The van der Waals surface area contributed by atoms with Crippen LogP contribution in [0.2, 0.25) is 5.02 Å². The Balaban J connectivity index is 1.38. The average Bonchev–Trinajstić information content (AvgIpc) is 3.35. The summed E-state index contributed by atoms with van der Waals surface area (Å²) >= 11 is 5.97. The van der Waals surface area contributed by atoms with Gasteiger partial charge in [0.15, 0.2) is 0 Å². The van der Waals surface area contributed by atoms with Crippen molar-refractivity contribution in [2.75, 3.05) is 24.6 Å². The summed E-state index contributed by atoms with van der Waals surface area (Å²) in [6.07, 6.45) is 2.59. The number of halogens is 4. The lowest BCUT2D eigenvalue weighted by molar-refractivity contribution is -0.107. The summed E-state index contributed by atoms with van der Waals surface area (Å²) in [5.74, 6) is -2.21. The molecule has 1 aromatic carbocycles. The Morgan fingerprint density at radius 3 is 2.71 bits per heavy atom. The SMILES string of the molecule is Cc1nc2cc(N3CCO[C@@H](c4cnn(C5CC(F)(F)C5)c4)C3)nc(-c3ccc(Cl)cc3F)c2c(=O)n1C. The van der Waals surface area contributed by atoms with Crippen molar-refractivity contribution < 1.29 is 17.9 Å². The molecule has 4 aromatic rings. The summed E-state index contributed by atoms with van der Waals surface area (Å²) in [6, 6.07) is 5.64. The summed E-state index contributed by atoms with van der Waals surface area (Å²) in [5.41, 5.74) is 1.18. The van der Waals surface area contributed by atoms with Crippen molar-refractivity contribution in [1.82, 2.24) is 24.3 Å². The quantitative estimate of drug-likeness (QED) is 0.366. The monoisotopic (exact) mass is 544 g/mol. The molecule has 0 unspecified atom stereocenters. The number of benzene rings is 1. The minimum absolute atomic E-state index is 0.146. The van der Waals surface area contributed by atoms with Crippen LogP contribution in [0.5, 0.6) is 0 Å². The van der Waals surface area contributed by atoms with E-state index < -0.39 is 11.7 Å². The molecule has 0 bridgehead atoms. The Bertz CT molecular complexity index is 1610. The van der Waals surface area contributed by atoms with Gasteiger partial charge in [-0.15, -0.1) is 0 Å². The van der Waals surface area contributed by atoms with Crippen LogP contribution in [0.1, 0.15) is 36.4 Å². The van der Waals surface area contributed by atoms with Gasteiger partial charge in [-0.2, -0.15) is 5.10 Å². The van der Waals surface area contributed by atoms with Crippen LogP contribution in [-0.2, 0) is 11.8 Å². The molecule has 8 nitrogen and oxygen atoms in total. The van der Waals surface area contributed by atoms with E-state index in [0.29, 0.717) is 36.9 Å². The number of morpholine rings is 1. The van der Waals surface area contributed by atoms with Gasteiger partial charge in [-0.3, -0.25) is 14.0 Å². The van der Waals surface area contributed by atoms with Crippen molar-refractivity contribution in [3.8, 4) is 11.3 Å². The lowest BCUT2D eigenvalue weighted by Crippen LogP contribution is -2.39. The number of fused-ring (bicyclic) bond motifs is 1. The Kier molecular flexibility index (Phi) is 5.95. The summed E-state index contributed by atoms with van der Waals surface area (Å²) in [5, 5.41) is 4.73. The Morgan fingerprint density at radius 1 is 1.18 bits per heavy atom. The van der Waals surface area contributed by atoms with Crippen molar-refractivity contribution in [3.63, 3.8) is 0 Å². The fourth-order valence-corrected chi connectivity index (χ4v) is 5.17. The molecule has 1 saturated carbocycles. The number of hydrogen-bond donors (Lipinski definition) is 0. The van der Waals surface area contributed by atoms with E-state index in [1.54, 1.807) is 43.2 Å². The first-order valence-corrected chi connectivity index (χ1v) is 12.6. The molecule has 1 aliphatic heterocycles. The topological polar surface area (TPSA) is 78.1 Å². The van der Waals surface area contributed by atoms with Gasteiger partial charge in [0, 0.05) is 61.4 Å². The number of hydrogen-bond acceptors (Lipinski definition) is 6. The van der Waals surface area contributed by atoms with E-state index in [-0.39, 0.29) is 52.2 Å². The van der Waals surface area contributed by atoms with Gasteiger partial charge >= 0.3 is 0 Å². The molecule has 0 N–H and O–H groups in total. The van der Waals surface area contributed by atoms with E-state index in [9.17, 15) is 13.6 Å². The van der Waals surface area contributed by atoms with Gasteiger partial charge in [0.1, 0.15) is 23.6 Å². The zero-order chi connectivity index (χ0) is 26.8. The second-order valence-corrected chi connectivity index (χ2v) is 10.3. The first-order valence-electron chi connectivity index (χ1n) is 12.2. The van der Waals surface area contributed by atoms with Gasteiger partial charge in [-0.25, -0.2) is 23.1 Å². The van der Waals surface area contributed by atoms with Crippen LogP contribution in [0.4, 0.5) is 19.0 Å². The number of rotatable bonds is 4. The molecule has 2 fully saturated rings. The normalized spacial score (nSPS) is 19.6. The first-order chi connectivity index (χ1) is 18.1. The highest BCUT2D eigenvalue weighted by molar-refractivity contribution is 6.30. The number of anilines is 1. The van der Waals surface area contributed by atoms with Crippen molar-refractivity contribution in [1.29, 1.82) is 0 Å². The zero-order valence-electron chi connectivity index (χ0n) is 20.7. The number of pyridine rings is 1. The number of alkyl halides is 2. The summed E-state index contributed by atoms with van der Waals surface area (Å²) in [4.78, 5) is 24.5. The van der Waals surface area contributed by atoms with Crippen LogP contribution < -0.4 is 10.5 Å². The van der Waals surface area contributed by atoms with Crippen molar-refractivity contribution in [2.45, 2.75) is 37.8 Å². The molecule has 4 heterocycles. The molecule has 3 aromatic heterocycles. The van der Waals surface area contributed by atoms with Crippen molar-refractivity contribution in [2.24, 2.45) is 7.05 Å². The second kappa shape index (κ2) is 9.09. The van der Waals surface area contributed by atoms with E-state index in [0.717, 1.165) is 5.56 Å². The number of nitrogens with zero attached hydrogens (tertiary/aromatic N) is 6. The highest BCUT2D eigenvalue weighted by atomic mass is 35.5. The smallest absolute Gasteiger partial charge is 0.263 e.